The molecular formula is C22H26N2O4S. The van der Waals surface area contributed by atoms with E-state index in [0.29, 0.717) is 48.0 Å². The molecule has 0 spiro atoms. The quantitative estimate of drug-likeness (QED) is 0.564. The lowest BCUT2D eigenvalue weighted by Crippen LogP contribution is -2.26. The zero-order valence-electron chi connectivity index (χ0n) is 17.0. The van der Waals surface area contributed by atoms with E-state index in [1.54, 1.807) is 11.7 Å². The van der Waals surface area contributed by atoms with Crippen LogP contribution in [0.5, 0.6) is 0 Å². The summed E-state index contributed by atoms with van der Waals surface area (Å²) >= 11 is 1.46. The Kier molecular flexibility index (Phi) is 6.82. The van der Waals surface area contributed by atoms with Crippen molar-refractivity contribution in [3.8, 4) is 11.1 Å². The number of aliphatic carboxylic acids is 1. The fourth-order valence-electron chi connectivity index (χ4n) is 3.33. The van der Waals surface area contributed by atoms with E-state index < -0.39 is 5.97 Å². The molecule has 2 heterocycles. The van der Waals surface area contributed by atoms with Crippen molar-refractivity contribution >= 4 is 27.5 Å². The minimum Gasteiger partial charge on any atom is -0.481 e. The second kappa shape index (κ2) is 9.33. The van der Waals surface area contributed by atoms with Crippen molar-refractivity contribution < 1.29 is 14.6 Å². The maximum absolute atomic E-state index is 13.4. The first kappa shape index (κ1) is 21.2. The number of thiophene rings is 1. The van der Waals surface area contributed by atoms with Crippen LogP contribution < -0.4 is 5.56 Å². The molecule has 3 rings (SSSR count). The maximum atomic E-state index is 13.4. The molecule has 0 aliphatic carbocycles. The van der Waals surface area contributed by atoms with Gasteiger partial charge in [0.25, 0.3) is 5.56 Å². The molecule has 1 N–H and O–H groups in total. The molecule has 0 aliphatic rings. The van der Waals surface area contributed by atoms with Crippen LogP contribution in [0.25, 0.3) is 21.3 Å². The Labute approximate surface area is 173 Å². The van der Waals surface area contributed by atoms with Crippen LogP contribution in [0.15, 0.2) is 34.4 Å². The van der Waals surface area contributed by atoms with Crippen LogP contribution in [0.1, 0.15) is 44.0 Å². The average Bonchev–Trinajstić information content (AvgIpc) is 3.12. The first-order chi connectivity index (χ1) is 13.9. The van der Waals surface area contributed by atoms with Crippen LogP contribution in [0.2, 0.25) is 0 Å². The number of carbonyl (C=O) groups is 1. The van der Waals surface area contributed by atoms with Gasteiger partial charge in [0.2, 0.25) is 0 Å². The first-order valence-corrected chi connectivity index (χ1v) is 10.6. The molecule has 0 bridgehead atoms. The van der Waals surface area contributed by atoms with Gasteiger partial charge in [-0.2, -0.15) is 0 Å². The Morgan fingerprint density at radius 2 is 2.00 bits per heavy atom. The number of carboxylic acids is 1. The van der Waals surface area contributed by atoms with Crippen molar-refractivity contribution in [1.82, 2.24) is 9.55 Å². The molecule has 6 nitrogen and oxygen atoms in total. The molecule has 0 unspecified atom stereocenters. The number of hydrogen-bond acceptors (Lipinski definition) is 5. The normalized spacial score (nSPS) is 11.4. The van der Waals surface area contributed by atoms with Gasteiger partial charge in [-0.15, -0.1) is 11.3 Å². The zero-order chi connectivity index (χ0) is 21.0. The van der Waals surface area contributed by atoms with E-state index in [4.69, 9.17) is 14.8 Å². The summed E-state index contributed by atoms with van der Waals surface area (Å²) in [5.41, 5.74) is 3.00. The lowest BCUT2D eigenvalue weighted by Gasteiger charge is -2.12. The smallest absolute Gasteiger partial charge is 0.303 e. The van der Waals surface area contributed by atoms with Crippen molar-refractivity contribution in [3.05, 3.63) is 51.4 Å². The molecule has 0 radical (unpaired) electrons. The summed E-state index contributed by atoms with van der Waals surface area (Å²) in [5.74, 6) is 0.213. The molecule has 154 valence electrons. The van der Waals surface area contributed by atoms with E-state index in [1.807, 2.05) is 17.5 Å². The average molecular weight is 415 g/mol. The minimum absolute atomic E-state index is 0.0152. The summed E-state index contributed by atoms with van der Waals surface area (Å²) in [7, 11) is 1.61. The van der Waals surface area contributed by atoms with Crippen LogP contribution in [-0.4, -0.2) is 34.3 Å². The summed E-state index contributed by atoms with van der Waals surface area (Å²) in [4.78, 5) is 29.7. The molecule has 0 fully saturated rings. The Morgan fingerprint density at radius 1 is 1.28 bits per heavy atom. The SMILES string of the molecule is COCCc1nc2scc(-c3ccc(C(C)C)cc3)c2c(=O)n1CCCC(=O)O. The van der Waals surface area contributed by atoms with Gasteiger partial charge in [-0.25, -0.2) is 4.98 Å². The van der Waals surface area contributed by atoms with Gasteiger partial charge < -0.3 is 9.84 Å². The fraction of sp³-hybridized carbons (Fsp3) is 0.409. The van der Waals surface area contributed by atoms with Gasteiger partial charge >= 0.3 is 5.97 Å². The molecule has 0 saturated carbocycles. The standard InChI is InChI=1S/C22H26N2O4S/c1-14(2)15-6-8-16(9-7-15)17-13-29-21-20(17)22(27)24(11-4-5-19(25)26)18(23-21)10-12-28-3/h6-9,13-14H,4-5,10-12H2,1-3H3,(H,25,26). The molecule has 0 aliphatic heterocycles. The number of carboxylic acid groups (broad SMARTS) is 1. The highest BCUT2D eigenvalue weighted by molar-refractivity contribution is 7.17. The Balaban J connectivity index is 2.07. The largest absolute Gasteiger partial charge is 0.481 e. The summed E-state index contributed by atoms with van der Waals surface area (Å²) < 4.78 is 6.77. The molecule has 29 heavy (non-hydrogen) atoms. The predicted octanol–water partition coefficient (Wildman–Crippen LogP) is 4.30. The van der Waals surface area contributed by atoms with Crippen molar-refractivity contribution in [2.24, 2.45) is 0 Å². The van der Waals surface area contributed by atoms with Gasteiger partial charge in [0.1, 0.15) is 10.7 Å². The number of ether oxygens (including phenoxy) is 1. The number of aromatic nitrogens is 2. The van der Waals surface area contributed by atoms with Gasteiger partial charge in [-0.3, -0.25) is 14.2 Å². The number of rotatable bonds is 9. The van der Waals surface area contributed by atoms with Gasteiger partial charge in [0.05, 0.1) is 12.0 Å². The van der Waals surface area contributed by atoms with Crippen molar-refractivity contribution in [3.63, 3.8) is 0 Å². The van der Waals surface area contributed by atoms with Crippen LogP contribution in [0.4, 0.5) is 0 Å². The molecule has 0 amide bonds. The van der Waals surface area contributed by atoms with E-state index in [0.717, 1.165) is 11.1 Å². The van der Waals surface area contributed by atoms with E-state index in [2.05, 4.69) is 26.0 Å². The van der Waals surface area contributed by atoms with Crippen LogP contribution >= 0.6 is 11.3 Å². The van der Waals surface area contributed by atoms with Crippen molar-refractivity contribution in [2.45, 2.75) is 45.6 Å². The van der Waals surface area contributed by atoms with Crippen molar-refractivity contribution in [1.29, 1.82) is 0 Å². The lowest BCUT2D eigenvalue weighted by molar-refractivity contribution is -0.137. The second-order valence-electron chi connectivity index (χ2n) is 7.33. The number of fused-ring (bicyclic) bond motifs is 1. The third-order valence-corrected chi connectivity index (χ3v) is 5.84. The Hall–Kier alpha value is -2.51. The van der Waals surface area contributed by atoms with E-state index in [1.165, 1.54) is 16.9 Å². The van der Waals surface area contributed by atoms with Crippen molar-refractivity contribution in [2.75, 3.05) is 13.7 Å². The van der Waals surface area contributed by atoms with Gasteiger partial charge in [0, 0.05) is 37.4 Å². The number of benzene rings is 1. The van der Waals surface area contributed by atoms with Crippen LogP contribution in [0, 0.1) is 0 Å². The number of nitrogens with zero attached hydrogens (tertiary/aromatic N) is 2. The highest BCUT2D eigenvalue weighted by atomic mass is 32.1. The Bertz CT molecular complexity index is 1050. The number of methoxy groups -OCH3 is 1. The van der Waals surface area contributed by atoms with E-state index in [-0.39, 0.29) is 12.0 Å². The molecule has 0 saturated heterocycles. The van der Waals surface area contributed by atoms with E-state index in [9.17, 15) is 9.59 Å². The third-order valence-electron chi connectivity index (χ3n) is 4.96. The molecule has 2 aromatic heterocycles. The predicted molar refractivity (Wildman–Crippen MR) is 116 cm³/mol. The molecule has 0 atom stereocenters. The van der Waals surface area contributed by atoms with E-state index >= 15 is 0 Å². The topological polar surface area (TPSA) is 81.4 Å². The summed E-state index contributed by atoms with van der Waals surface area (Å²) in [6.07, 6.45) is 0.900. The first-order valence-electron chi connectivity index (χ1n) is 9.74. The summed E-state index contributed by atoms with van der Waals surface area (Å²) in [6.45, 7) is 5.08. The summed E-state index contributed by atoms with van der Waals surface area (Å²) in [5, 5.41) is 11.5. The summed E-state index contributed by atoms with van der Waals surface area (Å²) in [6, 6.07) is 8.28. The second-order valence-corrected chi connectivity index (χ2v) is 8.19. The van der Waals surface area contributed by atoms with Gasteiger partial charge in [0.15, 0.2) is 0 Å². The maximum Gasteiger partial charge on any atom is 0.303 e. The van der Waals surface area contributed by atoms with Gasteiger partial charge in [-0.1, -0.05) is 38.1 Å². The van der Waals surface area contributed by atoms with Crippen LogP contribution in [0.3, 0.4) is 0 Å². The monoisotopic (exact) mass is 414 g/mol. The van der Waals surface area contributed by atoms with Crippen LogP contribution in [-0.2, 0) is 22.5 Å². The van der Waals surface area contributed by atoms with Gasteiger partial charge in [-0.05, 0) is 23.5 Å². The highest BCUT2D eigenvalue weighted by Crippen LogP contribution is 2.32. The third kappa shape index (κ3) is 4.74. The molecule has 1 aromatic carbocycles. The number of hydrogen-bond donors (Lipinski definition) is 1. The fourth-order valence-corrected chi connectivity index (χ4v) is 4.29. The zero-order valence-corrected chi connectivity index (χ0v) is 17.8. The minimum atomic E-state index is -0.869. The highest BCUT2D eigenvalue weighted by Gasteiger charge is 2.17. The molecular weight excluding hydrogens is 388 g/mol. The molecule has 7 heteroatoms. The molecule has 3 aromatic rings. The lowest BCUT2D eigenvalue weighted by atomic mass is 9.99. The Morgan fingerprint density at radius 3 is 2.62 bits per heavy atom.